The fourth-order valence-corrected chi connectivity index (χ4v) is 2.47. The number of carboxylic acids is 1. The van der Waals surface area contributed by atoms with Gasteiger partial charge < -0.3 is 10.2 Å². The van der Waals surface area contributed by atoms with Crippen molar-refractivity contribution in [1.82, 2.24) is 4.90 Å². The van der Waals surface area contributed by atoms with Gasteiger partial charge in [0.05, 0.1) is 6.61 Å². The Balaban J connectivity index is 2.48. The Morgan fingerprint density at radius 3 is 2.81 bits per heavy atom. The zero-order valence-corrected chi connectivity index (χ0v) is 10.1. The number of likely N-dealkylation sites (tertiary alicyclic amines) is 1. The molecule has 1 aliphatic rings. The van der Waals surface area contributed by atoms with E-state index in [9.17, 15) is 9.90 Å². The summed E-state index contributed by atoms with van der Waals surface area (Å²) in [7, 11) is 0. The van der Waals surface area contributed by atoms with E-state index >= 15 is 0 Å². The van der Waals surface area contributed by atoms with Gasteiger partial charge in [0, 0.05) is 18.5 Å². The third-order valence-corrected chi connectivity index (χ3v) is 3.48. The standard InChI is InChI=1S/C12H23NO3/c1-10(6-7-12(15)16)13-8-4-2-3-5-11(13)9-14/h10-11,14H,2-9H2,1H3,(H,15,16). The molecule has 0 saturated carbocycles. The molecular weight excluding hydrogens is 206 g/mol. The molecule has 16 heavy (non-hydrogen) atoms. The molecule has 0 aliphatic carbocycles. The van der Waals surface area contributed by atoms with Crippen LogP contribution in [-0.2, 0) is 4.79 Å². The van der Waals surface area contributed by atoms with Crippen LogP contribution in [0, 0.1) is 0 Å². The Labute approximate surface area is 97.3 Å². The van der Waals surface area contributed by atoms with Crippen molar-refractivity contribution >= 4 is 5.97 Å². The fourth-order valence-electron chi connectivity index (χ4n) is 2.47. The van der Waals surface area contributed by atoms with E-state index in [1.807, 2.05) is 0 Å². The van der Waals surface area contributed by atoms with E-state index in [-0.39, 0.29) is 25.1 Å². The number of aliphatic hydroxyl groups is 1. The summed E-state index contributed by atoms with van der Waals surface area (Å²) in [6.45, 7) is 3.25. The second kappa shape index (κ2) is 6.86. The summed E-state index contributed by atoms with van der Waals surface area (Å²) in [6.07, 6.45) is 5.48. The molecule has 0 aromatic heterocycles. The van der Waals surface area contributed by atoms with Gasteiger partial charge in [-0.25, -0.2) is 0 Å². The number of aliphatic carboxylic acids is 1. The van der Waals surface area contributed by atoms with Crippen LogP contribution in [0.2, 0.25) is 0 Å². The van der Waals surface area contributed by atoms with E-state index in [4.69, 9.17) is 5.11 Å². The van der Waals surface area contributed by atoms with E-state index in [0.29, 0.717) is 6.42 Å². The van der Waals surface area contributed by atoms with E-state index in [0.717, 1.165) is 19.4 Å². The molecule has 2 unspecified atom stereocenters. The van der Waals surface area contributed by atoms with Crippen LogP contribution < -0.4 is 0 Å². The molecule has 4 heteroatoms. The molecule has 1 heterocycles. The summed E-state index contributed by atoms with van der Waals surface area (Å²) in [5.41, 5.74) is 0. The maximum absolute atomic E-state index is 10.5. The second-order valence-electron chi connectivity index (χ2n) is 4.70. The van der Waals surface area contributed by atoms with Crippen molar-refractivity contribution in [3.8, 4) is 0 Å². The molecule has 1 rings (SSSR count). The maximum atomic E-state index is 10.5. The Morgan fingerprint density at radius 2 is 2.19 bits per heavy atom. The van der Waals surface area contributed by atoms with Crippen LogP contribution in [0.1, 0.15) is 45.4 Å². The van der Waals surface area contributed by atoms with Crippen molar-refractivity contribution in [2.75, 3.05) is 13.2 Å². The minimum atomic E-state index is -0.734. The van der Waals surface area contributed by atoms with Crippen molar-refractivity contribution in [2.45, 2.75) is 57.5 Å². The Bertz CT molecular complexity index is 220. The van der Waals surface area contributed by atoms with Crippen LogP contribution in [-0.4, -0.2) is 46.3 Å². The smallest absolute Gasteiger partial charge is 0.303 e. The van der Waals surface area contributed by atoms with Crippen molar-refractivity contribution < 1.29 is 15.0 Å². The Kier molecular flexibility index (Phi) is 5.77. The number of hydrogen-bond donors (Lipinski definition) is 2. The summed E-state index contributed by atoms with van der Waals surface area (Å²) >= 11 is 0. The first-order chi connectivity index (χ1) is 7.65. The predicted molar refractivity (Wildman–Crippen MR) is 62.4 cm³/mol. The highest BCUT2D eigenvalue weighted by atomic mass is 16.4. The molecule has 1 aliphatic heterocycles. The van der Waals surface area contributed by atoms with E-state index in [1.54, 1.807) is 0 Å². The molecule has 0 bridgehead atoms. The first-order valence-corrected chi connectivity index (χ1v) is 6.23. The van der Waals surface area contributed by atoms with Gasteiger partial charge in [-0.05, 0) is 32.7 Å². The molecule has 1 saturated heterocycles. The molecule has 94 valence electrons. The highest BCUT2D eigenvalue weighted by Gasteiger charge is 2.24. The normalized spacial score (nSPS) is 25.0. The van der Waals surface area contributed by atoms with Gasteiger partial charge in [-0.3, -0.25) is 9.69 Å². The minimum absolute atomic E-state index is 0.192. The zero-order chi connectivity index (χ0) is 12.0. The Morgan fingerprint density at radius 1 is 1.44 bits per heavy atom. The highest BCUT2D eigenvalue weighted by molar-refractivity contribution is 5.66. The van der Waals surface area contributed by atoms with Crippen LogP contribution in [0.4, 0.5) is 0 Å². The van der Waals surface area contributed by atoms with Gasteiger partial charge in [0.2, 0.25) is 0 Å². The van der Waals surface area contributed by atoms with Gasteiger partial charge in [0.15, 0.2) is 0 Å². The molecule has 0 aromatic rings. The number of aliphatic hydroxyl groups excluding tert-OH is 1. The van der Waals surface area contributed by atoms with E-state index in [1.165, 1.54) is 12.8 Å². The molecular formula is C12H23NO3. The molecule has 1 fully saturated rings. The Hall–Kier alpha value is -0.610. The monoisotopic (exact) mass is 229 g/mol. The highest BCUT2D eigenvalue weighted by Crippen LogP contribution is 2.20. The number of nitrogens with zero attached hydrogens (tertiary/aromatic N) is 1. The van der Waals surface area contributed by atoms with Crippen LogP contribution in [0.5, 0.6) is 0 Å². The molecule has 0 amide bonds. The summed E-state index contributed by atoms with van der Waals surface area (Å²) in [5.74, 6) is -0.734. The topological polar surface area (TPSA) is 60.8 Å². The molecule has 2 atom stereocenters. The van der Waals surface area contributed by atoms with E-state index < -0.39 is 5.97 Å². The molecule has 0 aromatic carbocycles. The summed E-state index contributed by atoms with van der Waals surface area (Å²) in [5, 5.41) is 18.0. The van der Waals surface area contributed by atoms with Crippen molar-refractivity contribution in [1.29, 1.82) is 0 Å². The summed E-state index contributed by atoms with van der Waals surface area (Å²) in [6, 6.07) is 0.484. The minimum Gasteiger partial charge on any atom is -0.481 e. The lowest BCUT2D eigenvalue weighted by atomic mass is 10.1. The van der Waals surface area contributed by atoms with Crippen molar-refractivity contribution in [2.24, 2.45) is 0 Å². The number of carbonyl (C=O) groups is 1. The second-order valence-corrected chi connectivity index (χ2v) is 4.70. The van der Waals surface area contributed by atoms with Gasteiger partial charge in [-0.1, -0.05) is 12.8 Å². The lowest BCUT2D eigenvalue weighted by molar-refractivity contribution is -0.137. The summed E-state index contributed by atoms with van der Waals surface area (Å²) in [4.78, 5) is 12.8. The average Bonchev–Trinajstić information content (AvgIpc) is 2.50. The van der Waals surface area contributed by atoms with Gasteiger partial charge in [0.1, 0.15) is 0 Å². The molecule has 0 spiro atoms. The quantitative estimate of drug-likeness (QED) is 0.749. The third kappa shape index (κ3) is 4.10. The average molecular weight is 229 g/mol. The first kappa shape index (κ1) is 13.5. The van der Waals surface area contributed by atoms with Gasteiger partial charge in [0.25, 0.3) is 0 Å². The van der Waals surface area contributed by atoms with E-state index in [2.05, 4.69) is 11.8 Å². The maximum Gasteiger partial charge on any atom is 0.303 e. The number of carboxylic acid groups (broad SMARTS) is 1. The molecule has 0 radical (unpaired) electrons. The fraction of sp³-hybridized carbons (Fsp3) is 0.917. The largest absolute Gasteiger partial charge is 0.481 e. The predicted octanol–water partition coefficient (Wildman–Crippen LogP) is 1.48. The van der Waals surface area contributed by atoms with Crippen LogP contribution >= 0.6 is 0 Å². The van der Waals surface area contributed by atoms with Crippen molar-refractivity contribution in [3.05, 3.63) is 0 Å². The van der Waals surface area contributed by atoms with Crippen LogP contribution in [0.25, 0.3) is 0 Å². The zero-order valence-electron chi connectivity index (χ0n) is 10.1. The molecule has 2 N–H and O–H groups in total. The van der Waals surface area contributed by atoms with Crippen LogP contribution in [0.15, 0.2) is 0 Å². The van der Waals surface area contributed by atoms with Crippen molar-refractivity contribution in [3.63, 3.8) is 0 Å². The van der Waals surface area contributed by atoms with Gasteiger partial charge >= 0.3 is 5.97 Å². The lowest BCUT2D eigenvalue weighted by Gasteiger charge is -2.34. The third-order valence-electron chi connectivity index (χ3n) is 3.48. The SMILES string of the molecule is CC(CCC(=O)O)N1CCCCCC1CO. The number of hydrogen-bond acceptors (Lipinski definition) is 3. The molecule has 4 nitrogen and oxygen atoms in total. The number of rotatable bonds is 5. The lowest BCUT2D eigenvalue weighted by Crippen LogP contribution is -2.43. The van der Waals surface area contributed by atoms with Gasteiger partial charge in [-0.15, -0.1) is 0 Å². The first-order valence-electron chi connectivity index (χ1n) is 6.23. The van der Waals surface area contributed by atoms with Crippen LogP contribution in [0.3, 0.4) is 0 Å². The summed E-state index contributed by atoms with van der Waals surface area (Å²) < 4.78 is 0. The van der Waals surface area contributed by atoms with Gasteiger partial charge in [-0.2, -0.15) is 0 Å².